The van der Waals surface area contributed by atoms with Crippen molar-refractivity contribution >= 4 is 11.1 Å². The molecule has 0 radical (unpaired) electrons. The van der Waals surface area contributed by atoms with E-state index in [4.69, 9.17) is 9.68 Å². The van der Waals surface area contributed by atoms with Crippen LogP contribution in [0.5, 0.6) is 5.75 Å². The molecule has 0 spiro atoms. The van der Waals surface area contributed by atoms with Crippen LogP contribution in [0.1, 0.15) is 11.5 Å². The Morgan fingerprint density at radius 1 is 1.54 bits per heavy atom. The number of nitrogens with zero attached hydrogens (tertiary/aromatic N) is 2. The van der Waals surface area contributed by atoms with Crippen LogP contribution in [0.25, 0.3) is 11.1 Å². The largest absolute Gasteiger partial charge is 0.506 e. The van der Waals surface area contributed by atoms with Crippen LogP contribution < -0.4 is 0 Å². The first-order valence-electron chi connectivity index (χ1n) is 3.71. The van der Waals surface area contributed by atoms with E-state index < -0.39 is 0 Å². The molecule has 0 atom stereocenters. The van der Waals surface area contributed by atoms with E-state index in [1.54, 1.807) is 6.92 Å². The molecule has 0 aliphatic heterocycles. The zero-order valence-electron chi connectivity index (χ0n) is 6.90. The Morgan fingerprint density at radius 2 is 2.31 bits per heavy atom. The van der Waals surface area contributed by atoms with E-state index in [1.165, 1.54) is 12.1 Å². The molecule has 0 saturated heterocycles. The number of oxazole rings is 1. The smallest absolute Gasteiger partial charge is 0.192 e. The highest BCUT2D eigenvalue weighted by atomic mass is 16.3. The molecular weight excluding hydrogens is 168 g/mol. The lowest BCUT2D eigenvalue weighted by Gasteiger charge is -1.92. The fourth-order valence-corrected chi connectivity index (χ4v) is 1.19. The van der Waals surface area contributed by atoms with Crippen LogP contribution in [0, 0.1) is 18.3 Å². The third kappa shape index (κ3) is 1.02. The number of hydrogen-bond acceptors (Lipinski definition) is 4. The Labute approximate surface area is 74.0 Å². The fourth-order valence-electron chi connectivity index (χ4n) is 1.19. The predicted octanol–water partition coefficient (Wildman–Crippen LogP) is 1.71. The number of benzene rings is 1. The number of rotatable bonds is 0. The molecule has 0 aliphatic rings. The Balaban J connectivity index is 2.94. The number of aryl methyl sites for hydroxylation is 1. The van der Waals surface area contributed by atoms with Crippen molar-refractivity contribution in [3.05, 3.63) is 23.6 Å². The van der Waals surface area contributed by atoms with Gasteiger partial charge in [-0.2, -0.15) is 5.26 Å². The molecule has 4 heteroatoms. The van der Waals surface area contributed by atoms with Gasteiger partial charge in [0.15, 0.2) is 17.0 Å². The van der Waals surface area contributed by atoms with Crippen LogP contribution in [0.3, 0.4) is 0 Å². The van der Waals surface area contributed by atoms with Gasteiger partial charge >= 0.3 is 0 Å². The van der Waals surface area contributed by atoms with Crippen LogP contribution in [-0.4, -0.2) is 10.1 Å². The highest BCUT2D eigenvalue weighted by Crippen LogP contribution is 2.27. The molecule has 0 amide bonds. The Hall–Kier alpha value is -2.02. The predicted molar refractivity (Wildman–Crippen MR) is 45.1 cm³/mol. The van der Waals surface area contributed by atoms with Gasteiger partial charge in [-0.15, -0.1) is 0 Å². The van der Waals surface area contributed by atoms with Crippen molar-refractivity contribution in [2.45, 2.75) is 6.92 Å². The van der Waals surface area contributed by atoms with Crippen LogP contribution in [0.2, 0.25) is 0 Å². The summed E-state index contributed by atoms with van der Waals surface area (Å²) in [6.07, 6.45) is 0. The highest BCUT2D eigenvalue weighted by molar-refractivity contribution is 5.84. The first-order chi connectivity index (χ1) is 6.22. The minimum atomic E-state index is 0.0332. The first kappa shape index (κ1) is 7.62. The summed E-state index contributed by atoms with van der Waals surface area (Å²) in [5.41, 5.74) is 1.07. The van der Waals surface area contributed by atoms with Crippen molar-refractivity contribution < 1.29 is 9.52 Å². The van der Waals surface area contributed by atoms with Crippen molar-refractivity contribution in [1.82, 2.24) is 4.98 Å². The van der Waals surface area contributed by atoms with Crippen LogP contribution >= 0.6 is 0 Å². The molecule has 2 aromatic rings. The van der Waals surface area contributed by atoms with Crippen molar-refractivity contribution in [1.29, 1.82) is 5.26 Å². The highest BCUT2D eigenvalue weighted by Gasteiger charge is 2.10. The quantitative estimate of drug-likeness (QED) is 0.660. The summed E-state index contributed by atoms with van der Waals surface area (Å²) in [7, 11) is 0. The van der Waals surface area contributed by atoms with Crippen molar-refractivity contribution in [2.75, 3.05) is 0 Å². The molecule has 1 heterocycles. The Morgan fingerprint density at radius 3 is 3.00 bits per heavy atom. The summed E-state index contributed by atoms with van der Waals surface area (Å²) in [6, 6.07) is 4.90. The second-order valence-electron chi connectivity index (χ2n) is 2.65. The first-order valence-corrected chi connectivity index (χ1v) is 3.71. The topological polar surface area (TPSA) is 70.1 Å². The van der Waals surface area contributed by atoms with E-state index in [0.29, 0.717) is 22.6 Å². The number of hydrogen-bond donors (Lipinski definition) is 1. The number of fused-ring (bicyclic) bond motifs is 1. The molecule has 0 fully saturated rings. The average Bonchev–Trinajstić information content (AvgIpc) is 2.48. The maximum absolute atomic E-state index is 9.37. The number of phenols is 1. The molecule has 1 aromatic carbocycles. The van der Waals surface area contributed by atoms with Gasteiger partial charge in [-0.1, -0.05) is 0 Å². The maximum Gasteiger partial charge on any atom is 0.192 e. The van der Waals surface area contributed by atoms with E-state index in [9.17, 15) is 5.11 Å². The second kappa shape index (κ2) is 2.49. The lowest BCUT2D eigenvalue weighted by molar-refractivity contribution is 0.480. The van der Waals surface area contributed by atoms with Gasteiger partial charge in [0.05, 0.1) is 5.56 Å². The Kier molecular flexibility index (Phi) is 1.46. The van der Waals surface area contributed by atoms with Crippen molar-refractivity contribution in [3.8, 4) is 11.8 Å². The monoisotopic (exact) mass is 174 g/mol. The van der Waals surface area contributed by atoms with Gasteiger partial charge in [-0.3, -0.25) is 0 Å². The zero-order chi connectivity index (χ0) is 9.42. The SMILES string of the molecule is Cc1nc2c(O)ccc(C#N)c2o1. The summed E-state index contributed by atoms with van der Waals surface area (Å²) >= 11 is 0. The van der Waals surface area contributed by atoms with E-state index >= 15 is 0 Å². The normalized spacial score (nSPS) is 10.2. The molecule has 4 nitrogen and oxygen atoms in total. The van der Waals surface area contributed by atoms with Gasteiger partial charge < -0.3 is 9.52 Å². The van der Waals surface area contributed by atoms with Gasteiger partial charge in [-0.25, -0.2) is 4.98 Å². The van der Waals surface area contributed by atoms with Gasteiger partial charge in [0.2, 0.25) is 0 Å². The van der Waals surface area contributed by atoms with Gasteiger partial charge in [0.1, 0.15) is 11.8 Å². The zero-order valence-corrected chi connectivity index (χ0v) is 6.90. The van der Waals surface area contributed by atoms with E-state index in [0.717, 1.165) is 0 Å². The molecule has 1 aromatic heterocycles. The van der Waals surface area contributed by atoms with Gasteiger partial charge in [0, 0.05) is 6.92 Å². The number of aromatic hydroxyl groups is 1. The van der Waals surface area contributed by atoms with Crippen molar-refractivity contribution in [3.63, 3.8) is 0 Å². The van der Waals surface area contributed by atoms with E-state index in [2.05, 4.69) is 4.98 Å². The van der Waals surface area contributed by atoms with Crippen LogP contribution in [-0.2, 0) is 0 Å². The molecule has 13 heavy (non-hydrogen) atoms. The number of nitriles is 1. The number of phenolic OH excluding ortho intramolecular Hbond substituents is 1. The molecule has 2 rings (SSSR count). The summed E-state index contributed by atoms with van der Waals surface area (Å²) < 4.78 is 5.18. The third-order valence-electron chi connectivity index (χ3n) is 1.75. The molecule has 0 saturated carbocycles. The summed E-state index contributed by atoms with van der Waals surface area (Å²) in [5, 5.41) is 18.1. The van der Waals surface area contributed by atoms with Gasteiger partial charge in [-0.05, 0) is 12.1 Å². The molecule has 0 bridgehead atoms. The summed E-state index contributed by atoms with van der Waals surface area (Å²) in [6.45, 7) is 1.67. The average molecular weight is 174 g/mol. The summed E-state index contributed by atoms with van der Waals surface area (Å²) in [5.74, 6) is 0.471. The standard InChI is InChI=1S/C9H6N2O2/c1-5-11-8-7(12)3-2-6(4-10)9(8)13-5/h2-3,12H,1H3. The third-order valence-corrected chi connectivity index (χ3v) is 1.75. The van der Waals surface area contributed by atoms with E-state index in [1.807, 2.05) is 6.07 Å². The second-order valence-corrected chi connectivity index (χ2v) is 2.65. The van der Waals surface area contributed by atoms with Crippen LogP contribution in [0.4, 0.5) is 0 Å². The lowest BCUT2D eigenvalue weighted by Crippen LogP contribution is -1.76. The maximum atomic E-state index is 9.37. The van der Waals surface area contributed by atoms with Crippen LogP contribution in [0.15, 0.2) is 16.5 Å². The molecule has 1 N–H and O–H groups in total. The fraction of sp³-hybridized carbons (Fsp3) is 0.111. The minimum absolute atomic E-state index is 0.0332. The molecule has 0 unspecified atom stereocenters. The molecule has 64 valence electrons. The lowest BCUT2D eigenvalue weighted by atomic mass is 10.2. The Bertz CT molecular complexity index is 508. The number of aromatic nitrogens is 1. The van der Waals surface area contributed by atoms with E-state index in [-0.39, 0.29) is 5.75 Å². The minimum Gasteiger partial charge on any atom is -0.506 e. The molecule has 0 aliphatic carbocycles. The summed E-state index contributed by atoms with van der Waals surface area (Å²) in [4.78, 5) is 3.95. The van der Waals surface area contributed by atoms with Gasteiger partial charge in [0.25, 0.3) is 0 Å². The van der Waals surface area contributed by atoms with Crippen molar-refractivity contribution in [2.24, 2.45) is 0 Å². The molecular formula is C9H6N2O2.